The fourth-order valence-electron chi connectivity index (χ4n) is 1.40. The van der Waals surface area contributed by atoms with Crippen molar-refractivity contribution < 1.29 is 4.39 Å². The second-order valence-corrected chi connectivity index (χ2v) is 4.62. The third kappa shape index (κ3) is 2.63. The average molecular weight is 346 g/mol. The minimum absolute atomic E-state index is 0.130. The van der Waals surface area contributed by atoms with Gasteiger partial charge in [0.25, 0.3) is 5.56 Å². The Morgan fingerprint density at radius 3 is 2.53 bits per heavy atom. The van der Waals surface area contributed by atoms with Crippen molar-refractivity contribution in [2.75, 3.05) is 0 Å². The van der Waals surface area contributed by atoms with Crippen molar-refractivity contribution in [3.8, 4) is 0 Å². The Kier molecular flexibility index (Phi) is 3.41. The Bertz CT molecular complexity index is 646. The Morgan fingerprint density at radius 2 is 1.88 bits per heavy atom. The van der Waals surface area contributed by atoms with Gasteiger partial charge in [-0.15, -0.1) is 0 Å². The molecule has 0 amide bonds. The Hall–Kier alpha value is -1.44. The molecule has 17 heavy (non-hydrogen) atoms. The first-order chi connectivity index (χ1) is 8.08. The van der Waals surface area contributed by atoms with Crippen molar-refractivity contribution in [2.45, 2.75) is 6.54 Å². The second kappa shape index (κ2) is 4.82. The van der Waals surface area contributed by atoms with E-state index in [4.69, 9.17) is 0 Å². The van der Waals surface area contributed by atoms with Gasteiger partial charge in [-0.1, -0.05) is 12.1 Å². The van der Waals surface area contributed by atoms with E-state index in [2.05, 4.69) is 4.98 Å². The molecule has 88 valence electrons. The number of hydrogen-bond acceptors (Lipinski definition) is 2. The minimum atomic E-state index is -0.472. The van der Waals surface area contributed by atoms with Crippen LogP contribution in [0.15, 0.2) is 40.1 Å². The van der Waals surface area contributed by atoms with Gasteiger partial charge >= 0.3 is 5.69 Å². The normalized spacial score (nSPS) is 10.5. The van der Waals surface area contributed by atoms with Crippen LogP contribution in [0.2, 0.25) is 0 Å². The summed E-state index contributed by atoms with van der Waals surface area (Å²) in [6.07, 6.45) is 1.37. The highest BCUT2D eigenvalue weighted by atomic mass is 127. The zero-order chi connectivity index (χ0) is 12.4. The summed E-state index contributed by atoms with van der Waals surface area (Å²) < 4.78 is 14.2. The third-order valence-corrected chi connectivity index (χ3v) is 3.04. The van der Waals surface area contributed by atoms with Gasteiger partial charge in [-0.05, 0) is 40.3 Å². The topological polar surface area (TPSA) is 54.9 Å². The molecular formula is C11H8FIN2O2. The van der Waals surface area contributed by atoms with Gasteiger partial charge in [0.15, 0.2) is 0 Å². The lowest BCUT2D eigenvalue weighted by Gasteiger charge is -2.04. The van der Waals surface area contributed by atoms with Crippen LogP contribution in [0.5, 0.6) is 0 Å². The summed E-state index contributed by atoms with van der Waals surface area (Å²) >= 11 is 1.85. The number of rotatable bonds is 2. The van der Waals surface area contributed by atoms with Crippen molar-refractivity contribution >= 4 is 22.6 Å². The summed E-state index contributed by atoms with van der Waals surface area (Å²) in [5, 5.41) is 0. The van der Waals surface area contributed by atoms with Crippen LogP contribution >= 0.6 is 22.6 Å². The molecular weight excluding hydrogens is 338 g/mol. The molecule has 0 spiro atoms. The van der Waals surface area contributed by atoms with Gasteiger partial charge in [0.1, 0.15) is 5.82 Å². The summed E-state index contributed by atoms with van der Waals surface area (Å²) in [6, 6.07) is 5.67. The number of nitrogens with zero attached hydrogens (tertiary/aromatic N) is 1. The standard InChI is InChI=1S/C11H8FIN2O2/c12-8-3-1-7(2-4-8)6-15-10(16)9(13)5-14-11(15)17/h1-5H,6H2,(H,14,17). The largest absolute Gasteiger partial charge is 0.328 e. The SMILES string of the molecule is O=c1[nH]cc(I)c(=O)n1Cc1ccc(F)cc1. The maximum absolute atomic E-state index is 12.7. The lowest BCUT2D eigenvalue weighted by Crippen LogP contribution is -2.36. The van der Waals surface area contributed by atoms with E-state index < -0.39 is 5.69 Å². The molecule has 0 saturated heterocycles. The first-order valence-corrected chi connectivity index (χ1v) is 5.88. The molecule has 0 aliphatic rings. The molecule has 6 heteroatoms. The molecule has 1 heterocycles. The van der Waals surface area contributed by atoms with E-state index in [1.54, 1.807) is 12.1 Å². The number of halogens is 2. The van der Waals surface area contributed by atoms with E-state index in [1.165, 1.54) is 18.3 Å². The van der Waals surface area contributed by atoms with Gasteiger partial charge in [0.05, 0.1) is 10.1 Å². The van der Waals surface area contributed by atoms with E-state index in [0.29, 0.717) is 9.13 Å². The van der Waals surface area contributed by atoms with Crippen molar-refractivity contribution in [2.24, 2.45) is 0 Å². The summed E-state index contributed by atoms with van der Waals surface area (Å²) in [6.45, 7) is 0.130. The van der Waals surface area contributed by atoms with Crippen LogP contribution in [0, 0.1) is 9.39 Å². The molecule has 2 aromatic rings. The van der Waals surface area contributed by atoms with E-state index in [0.717, 1.165) is 4.57 Å². The predicted octanol–water partition coefficient (Wildman–Crippen LogP) is 1.33. The van der Waals surface area contributed by atoms with Crippen molar-refractivity contribution in [1.29, 1.82) is 0 Å². The molecule has 0 aliphatic heterocycles. The molecule has 4 nitrogen and oxygen atoms in total. The zero-order valence-corrected chi connectivity index (χ0v) is 10.8. The molecule has 1 aromatic heterocycles. The number of benzene rings is 1. The highest BCUT2D eigenvalue weighted by Gasteiger charge is 2.05. The van der Waals surface area contributed by atoms with Crippen LogP contribution in [0.1, 0.15) is 5.56 Å². The van der Waals surface area contributed by atoms with Crippen LogP contribution < -0.4 is 11.2 Å². The summed E-state index contributed by atoms with van der Waals surface area (Å²) in [5.74, 6) is -0.349. The fourth-order valence-corrected chi connectivity index (χ4v) is 1.85. The molecule has 0 unspecified atom stereocenters. The lowest BCUT2D eigenvalue weighted by molar-refractivity contribution is 0.625. The predicted molar refractivity (Wildman–Crippen MR) is 69.5 cm³/mol. The Balaban J connectivity index is 2.43. The number of nitrogens with one attached hydrogen (secondary N) is 1. The second-order valence-electron chi connectivity index (χ2n) is 3.46. The highest BCUT2D eigenvalue weighted by molar-refractivity contribution is 14.1. The summed E-state index contributed by atoms with van der Waals surface area (Å²) in [5.41, 5.74) is -0.126. The summed E-state index contributed by atoms with van der Waals surface area (Å²) in [7, 11) is 0. The minimum Gasteiger partial charge on any atom is -0.313 e. The van der Waals surface area contributed by atoms with Crippen LogP contribution in [-0.4, -0.2) is 9.55 Å². The van der Waals surface area contributed by atoms with Crippen molar-refractivity contribution in [1.82, 2.24) is 9.55 Å². The molecule has 1 aromatic carbocycles. The van der Waals surface area contributed by atoms with Gasteiger partial charge in [-0.2, -0.15) is 0 Å². The molecule has 0 aliphatic carbocycles. The van der Waals surface area contributed by atoms with E-state index >= 15 is 0 Å². The molecule has 1 N–H and O–H groups in total. The lowest BCUT2D eigenvalue weighted by atomic mass is 10.2. The van der Waals surface area contributed by atoms with E-state index in [1.807, 2.05) is 22.6 Å². The summed E-state index contributed by atoms with van der Waals surface area (Å²) in [4.78, 5) is 25.7. The molecule has 0 atom stereocenters. The molecule has 2 rings (SSSR count). The fraction of sp³-hybridized carbons (Fsp3) is 0.0909. The maximum atomic E-state index is 12.7. The van der Waals surface area contributed by atoms with Crippen LogP contribution in [-0.2, 0) is 6.54 Å². The van der Waals surface area contributed by atoms with Gasteiger partial charge in [0, 0.05) is 6.20 Å². The van der Waals surface area contributed by atoms with Gasteiger partial charge in [0.2, 0.25) is 0 Å². The number of aromatic amines is 1. The van der Waals surface area contributed by atoms with Crippen LogP contribution in [0.4, 0.5) is 4.39 Å². The van der Waals surface area contributed by atoms with Crippen LogP contribution in [0.25, 0.3) is 0 Å². The molecule has 0 bridgehead atoms. The molecule has 0 radical (unpaired) electrons. The first kappa shape index (κ1) is 12.0. The number of hydrogen-bond donors (Lipinski definition) is 1. The van der Waals surface area contributed by atoms with Gasteiger partial charge in [-0.3, -0.25) is 9.36 Å². The van der Waals surface area contributed by atoms with E-state index in [-0.39, 0.29) is 17.9 Å². The maximum Gasteiger partial charge on any atom is 0.328 e. The quantitative estimate of drug-likeness (QED) is 0.835. The van der Waals surface area contributed by atoms with Crippen molar-refractivity contribution in [3.05, 3.63) is 66.3 Å². The number of H-pyrrole nitrogens is 1. The first-order valence-electron chi connectivity index (χ1n) is 4.80. The molecule has 0 saturated carbocycles. The smallest absolute Gasteiger partial charge is 0.313 e. The van der Waals surface area contributed by atoms with Crippen molar-refractivity contribution in [3.63, 3.8) is 0 Å². The Labute approximate surface area is 109 Å². The average Bonchev–Trinajstić information content (AvgIpc) is 2.32. The van der Waals surface area contributed by atoms with Gasteiger partial charge < -0.3 is 4.98 Å². The van der Waals surface area contributed by atoms with Crippen LogP contribution in [0.3, 0.4) is 0 Å². The number of aromatic nitrogens is 2. The zero-order valence-electron chi connectivity index (χ0n) is 8.61. The van der Waals surface area contributed by atoms with E-state index in [9.17, 15) is 14.0 Å². The molecule has 0 fully saturated rings. The Morgan fingerprint density at radius 1 is 1.24 bits per heavy atom. The monoisotopic (exact) mass is 346 g/mol. The highest BCUT2D eigenvalue weighted by Crippen LogP contribution is 2.03. The third-order valence-electron chi connectivity index (χ3n) is 2.27. The van der Waals surface area contributed by atoms with Gasteiger partial charge in [-0.25, -0.2) is 9.18 Å².